The molecule has 12 heavy (non-hydrogen) atoms. The first-order valence-corrected chi connectivity index (χ1v) is 5.00. The average Bonchev–Trinajstić information content (AvgIpc) is 2.44. The maximum Gasteiger partial charge on any atom is 0.130 e. The number of thiophene rings is 1. The molecule has 2 rings (SSSR count). The number of pyridine rings is 1. The second-order valence-corrected chi connectivity index (χ2v) is 4.69. The van der Waals surface area contributed by atoms with Crippen LogP contribution in [0.1, 0.15) is 0 Å². The molecule has 0 bridgehead atoms. The Kier molecular flexibility index (Phi) is 2.02. The Bertz CT molecular complexity index is 412. The van der Waals surface area contributed by atoms with Gasteiger partial charge in [0, 0.05) is 6.20 Å². The van der Waals surface area contributed by atoms with E-state index in [1.807, 2.05) is 12.1 Å². The van der Waals surface area contributed by atoms with Gasteiger partial charge in [0.05, 0.1) is 16.3 Å². The summed E-state index contributed by atoms with van der Waals surface area (Å²) in [6.07, 6.45) is 1.75. The van der Waals surface area contributed by atoms with Gasteiger partial charge in [-0.15, -0.1) is 11.3 Å². The van der Waals surface area contributed by atoms with Crippen LogP contribution < -0.4 is 4.74 Å². The van der Waals surface area contributed by atoms with E-state index in [-0.39, 0.29) is 0 Å². The molecule has 62 valence electrons. The predicted molar refractivity (Wildman–Crippen MR) is 53.9 cm³/mol. The van der Waals surface area contributed by atoms with Crippen LogP contribution in [0.5, 0.6) is 5.75 Å². The quantitative estimate of drug-likeness (QED) is 0.769. The van der Waals surface area contributed by atoms with E-state index in [1.54, 1.807) is 24.6 Å². The lowest BCUT2D eigenvalue weighted by Gasteiger charge is -1.98. The maximum absolute atomic E-state index is 5.19. The molecule has 0 saturated carbocycles. The highest BCUT2D eigenvalue weighted by Crippen LogP contribution is 2.33. The highest BCUT2D eigenvalue weighted by atomic mass is 79.9. The third-order valence-corrected chi connectivity index (χ3v) is 3.13. The highest BCUT2D eigenvalue weighted by Gasteiger charge is 2.04. The van der Waals surface area contributed by atoms with Crippen LogP contribution in [0.15, 0.2) is 22.1 Å². The first-order chi connectivity index (χ1) is 5.81. The van der Waals surface area contributed by atoms with Gasteiger partial charge in [-0.3, -0.25) is 0 Å². The molecule has 0 unspecified atom stereocenters. The molecule has 0 spiro atoms. The minimum Gasteiger partial charge on any atom is -0.496 e. The molecule has 0 aromatic carbocycles. The normalized spacial score (nSPS) is 10.5. The fourth-order valence-electron chi connectivity index (χ4n) is 1.06. The van der Waals surface area contributed by atoms with Gasteiger partial charge < -0.3 is 4.74 Å². The molecule has 2 aromatic rings. The van der Waals surface area contributed by atoms with Crippen molar-refractivity contribution in [2.75, 3.05) is 7.11 Å². The van der Waals surface area contributed by atoms with Crippen molar-refractivity contribution in [3.8, 4) is 5.75 Å². The van der Waals surface area contributed by atoms with Crippen LogP contribution in [0.3, 0.4) is 0 Å². The average molecular weight is 244 g/mol. The van der Waals surface area contributed by atoms with Gasteiger partial charge in [-0.2, -0.15) is 0 Å². The van der Waals surface area contributed by atoms with Gasteiger partial charge in [-0.25, -0.2) is 4.98 Å². The summed E-state index contributed by atoms with van der Waals surface area (Å²) in [5, 5.41) is 1.07. The number of fused-ring (bicyclic) bond motifs is 1. The molecular formula is C8H6BrNOS. The van der Waals surface area contributed by atoms with Crippen molar-refractivity contribution < 1.29 is 4.74 Å². The summed E-state index contributed by atoms with van der Waals surface area (Å²) in [5.74, 6) is 0.877. The van der Waals surface area contributed by atoms with E-state index in [0.29, 0.717) is 0 Å². The topological polar surface area (TPSA) is 22.1 Å². The van der Waals surface area contributed by atoms with Crippen LogP contribution in [0.25, 0.3) is 10.2 Å². The lowest BCUT2D eigenvalue weighted by Crippen LogP contribution is -1.82. The van der Waals surface area contributed by atoms with E-state index in [0.717, 1.165) is 19.8 Å². The number of nitrogens with zero attached hydrogens (tertiary/aromatic N) is 1. The number of hydrogen-bond donors (Lipinski definition) is 0. The SMILES string of the molecule is COc1ccnc2sc(Br)cc12. The Morgan fingerprint density at radius 1 is 1.58 bits per heavy atom. The lowest BCUT2D eigenvalue weighted by atomic mass is 10.3. The molecular weight excluding hydrogens is 238 g/mol. The maximum atomic E-state index is 5.19. The number of ether oxygens (including phenoxy) is 1. The minimum atomic E-state index is 0.877. The number of methoxy groups -OCH3 is 1. The van der Waals surface area contributed by atoms with Crippen molar-refractivity contribution in [1.29, 1.82) is 0 Å². The van der Waals surface area contributed by atoms with E-state index < -0.39 is 0 Å². The fraction of sp³-hybridized carbons (Fsp3) is 0.125. The van der Waals surface area contributed by atoms with Gasteiger partial charge in [0.1, 0.15) is 10.6 Å². The third-order valence-electron chi connectivity index (χ3n) is 1.59. The van der Waals surface area contributed by atoms with E-state index in [9.17, 15) is 0 Å². The Morgan fingerprint density at radius 2 is 2.42 bits per heavy atom. The fourth-order valence-corrected chi connectivity index (χ4v) is 2.50. The molecule has 0 aliphatic heterocycles. The zero-order valence-corrected chi connectivity index (χ0v) is 8.78. The zero-order chi connectivity index (χ0) is 8.55. The second kappa shape index (κ2) is 3.03. The summed E-state index contributed by atoms with van der Waals surface area (Å²) < 4.78 is 6.26. The van der Waals surface area contributed by atoms with Crippen molar-refractivity contribution in [1.82, 2.24) is 4.98 Å². The Balaban J connectivity index is 2.78. The summed E-state index contributed by atoms with van der Waals surface area (Å²) in [7, 11) is 1.67. The van der Waals surface area contributed by atoms with Crippen LogP contribution in [0, 0.1) is 0 Å². The first kappa shape index (κ1) is 8.01. The third kappa shape index (κ3) is 1.21. The highest BCUT2D eigenvalue weighted by molar-refractivity contribution is 9.11. The van der Waals surface area contributed by atoms with Gasteiger partial charge in [0.25, 0.3) is 0 Å². The smallest absolute Gasteiger partial charge is 0.130 e. The second-order valence-electron chi connectivity index (χ2n) is 2.28. The van der Waals surface area contributed by atoms with Gasteiger partial charge in [-0.05, 0) is 28.1 Å². The van der Waals surface area contributed by atoms with Gasteiger partial charge >= 0.3 is 0 Å². The van der Waals surface area contributed by atoms with Crippen molar-refractivity contribution in [2.45, 2.75) is 0 Å². The molecule has 0 radical (unpaired) electrons. The number of hydrogen-bond acceptors (Lipinski definition) is 3. The van der Waals surface area contributed by atoms with Crippen LogP contribution in [0.2, 0.25) is 0 Å². The Hall–Kier alpha value is -0.610. The van der Waals surface area contributed by atoms with Gasteiger partial charge in [0.15, 0.2) is 0 Å². The van der Waals surface area contributed by atoms with Crippen molar-refractivity contribution in [3.63, 3.8) is 0 Å². The van der Waals surface area contributed by atoms with Gasteiger partial charge in [0.2, 0.25) is 0 Å². The molecule has 0 aliphatic carbocycles. The molecule has 4 heteroatoms. The van der Waals surface area contributed by atoms with E-state index in [1.165, 1.54) is 0 Å². The van der Waals surface area contributed by atoms with Crippen molar-refractivity contribution in [3.05, 3.63) is 22.1 Å². The predicted octanol–water partition coefficient (Wildman–Crippen LogP) is 3.07. The molecule has 0 saturated heterocycles. The largest absolute Gasteiger partial charge is 0.496 e. The molecule has 2 heterocycles. The summed E-state index contributed by atoms with van der Waals surface area (Å²) in [5.41, 5.74) is 0. The summed E-state index contributed by atoms with van der Waals surface area (Å²) in [6.45, 7) is 0. The summed E-state index contributed by atoms with van der Waals surface area (Å²) in [6, 6.07) is 3.88. The van der Waals surface area contributed by atoms with E-state index in [4.69, 9.17) is 4.74 Å². The number of rotatable bonds is 1. The Morgan fingerprint density at radius 3 is 3.17 bits per heavy atom. The summed E-state index contributed by atoms with van der Waals surface area (Å²) >= 11 is 5.02. The van der Waals surface area contributed by atoms with Crippen LogP contribution in [-0.2, 0) is 0 Å². The molecule has 0 atom stereocenters. The lowest BCUT2D eigenvalue weighted by molar-refractivity contribution is 0.419. The van der Waals surface area contributed by atoms with Crippen LogP contribution in [0.4, 0.5) is 0 Å². The van der Waals surface area contributed by atoms with E-state index in [2.05, 4.69) is 20.9 Å². The zero-order valence-electron chi connectivity index (χ0n) is 6.37. The molecule has 0 amide bonds. The Labute approximate surface area is 82.3 Å². The molecule has 0 aliphatic rings. The van der Waals surface area contributed by atoms with E-state index >= 15 is 0 Å². The molecule has 2 nitrogen and oxygen atoms in total. The standard InChI is InChI=1S/C8H6BrNOS/c1-11-6-2-3-10-8-5(6)4-7(9)12-8/h2-4H,1H3. The summed E-state index contributed by atoms with van der Waals surface area (Å²) in [4.78, 5) is 5.22. The van der Waals surface area contributed by atoms with Gasteiger partial charge in [-0.1, -0.05) is 0 Å². The number of aromatic nitrogens is 1. The molecule has 2 aromatic heterocycles. The monoisotopic (exact) mass is 243 g/mol. The van der Waals surface area contributed by atoms with Crippen molar-refractivity contribution >= 4 is 37.5 Å². The number of halogens is 1. The molecule has 0 fully saturated rings. The minimum absolute atomic E-state index is 0.877. The van der Waals surface area contributed by atoms with Crippen molar-refractivity contribution in [2.24, 2.45) is 0 Å². The van der Waals surface area contributed by atoms with Crippen LogP contribution >= 0.6 is 27.3 Å². The van der Waals surface area contributed by atoms with Crippen LogP contribution in [-0.4, -0.2) is 12.1 Å². The first-order valence-electron chi connectivity index (χ1n) is 3.39. The molecule has 0 N–H and O–H groups in total.